The third kappa shape index (κ3) is 4.44. The van der Waals surface area contributed by atoms with Gasteiger partial charge in [-0.05, 0) is 24.3 Å². The Balaban J connectivity index is 1.49. The molecule has 0 radical (unpaired) electrons. The molecule has 1 aromatic carbocycles. The van der Waals surface area contributed by atoms with Crippen LogP contribution < -0.4 is 10.6 Å². The second-order valence-corrected chi connectivity index (χ2v) is 6.77. The van der Waals surface area contributed by atoms with Gasteiger partial charge >= 0.3 is 0 Å². The first kappa shape index (κ1) is 19.1. The quantitative estimate of drug-likeness (QED) is 0.665. The summed E-state index contributed by atoms with van der Waals surface area (Å²) in [6, 6.07) is 14.6. The second kappa shape index (κ2) is 8.85. The normalized spacial score (nSPS) is 14.6. The first-order valence-corrected chi connectivity index (χ1v) is 9.64. The van der Waals surface area contributed by atoms with Gasteiger partial charge in [-0.15, -0.1) is 0 Å². The van der Waals surface area contributed by atoms with Crippen molar-refractivity contribution in [2.24, 2.45) is 0 Å². The van der Waals surface area contributed by atoms with Crippen molar-refractivity contribution < 1.29 is 14.3 Å². The van der Waals surface area contributed by atoms with Crippen molar-refractivity contribution in [2.45, 2.75) is 0 Å². The second-order valence-electron chi connectivity index (χ2n) is 6.77. The van der Waals surface area contributed by atoms with Crippen LogP contribution >= 0.6 is 0 Å². The number of hydrogen-bond acceptors (Lipinski definition) is 5. The van der Waals surface area contributed by atoms with Crippen LogP contribution in [0.3, 0.4) is 0 Å². The topological polar surface area (TPSA) is 88.0 Å². The molecule has 2 amide bonds. The molecule has 2 aromatic heterocycles. The summed E-state index contributed by atoms with van der Waals surface area (Å²) in [5.74, 6) is -0.492. The number of hydrogen-bond donors (Lipinski definition) is 2. The average Bonchev–Trinajstić information content (AvgIpc) is 3.15. The minimum Gasteiger partial charge on any atom is -0.379 e. The van der Waals surface area contributed by atoms with Crippen LogP contribution in [-0.4, -0.2) is 65.5 Å². The summed E-state index contributed by atoms with van der Waals surface area (Å²) in [5, 5.41) is 5.73. The Morgan fingerprint density at radius 2 is 1.76 bits per heavy atom. The number of pyridine rings is 1. The van der Waals surface area contributed by atoms with Crippen molar-refractivity contribution in [1.29, 1.82) is 0 Å². The highest BCUT2D eigenvalue weighted by Gasteiger charge is 2.21. The monoisotopic (exact) mass is 393 g/mol. The van der Waals surface area contributed by atoms with Crippen LogP contribution in [0.4, 0.5) is 5.69 Å². The van der Waals surface area contributed by atoms with E-state index in [0.29, 0.717) is 17.7 Å². The molecule has 0 spiro atoms. The number of aromatic nitrogens is 2. The number of para-hydroxylation sites is 1. The number of rotatable bonds is 6. The number of anilines is 1. The van der Waals surface area contributed by atoms with Crippen molar-refractivity contribution >= 4 is 23.0 Å². The van der Waals surface area contributed by atoms with Crippen LogP contribution in [0.5, 0.6) is 0 Å². The summed E-state index contributed by atoms with van der Waals surface area (Å²) in [4.78, 5) is 32.1. The minimum atomic E-state index is -0.371. The van der Waals surface area contributed by atoms with Crippen LogP contribution in [0.1, 0.15) is 21.1 Å². The average molecular weight is 393 g/mol. The molecule has 0 atom stereocenters. The van der Waals surface area contributed by atoms with Crippen LogP contribution in [0.15, 0.2) is 54.7 Å². The number of amides is 2. The Morgan fingerprint density at radius 3 is 2.55 bits per heavy atom. The van der Waals surface area contributed by atoms with Gasteiger partial charge in [0.1, 0.15) is 0 Å². The van der Waals surface area contributed by atoms with E-state index in [2.05, 4.69) is 20.5 Å². The Bertz CT molecular complexity index is 996. The maximum Gasteiger partial charge on any atom is 0.292 e. The van der Waals surface area contributed by atoms with Gasteiger partial charge in [0.15, 0.2) is 5.69 Å². The summed E-state index contributed by atoms with van der Waals surface area (Å²) in [6.07, 6.45) is 1.73. The summed E-state index contributed by atoms with van der Waals surface area (Å²) < 4.78 is 6.97. The van der Waals surface area contributed by atoms with E-state index >= 15 is 0 Å². The highest BCUT2D eigenvalue weighted by atomic mass is 16.5. The third-order valence-electron chi connectivity index (χ3n) is 4.82. The van der Waals surface area contributed by atoms with Gasteiger partial charge < -0.3 is 15.4 Å². The summed E-state index contributed by atoms with van der Waals surface area (Å²) in [5.41, 5.74) is 1.50. The molecule has 2 N–H and O–H groups in total. The van der Waals surface area contributed by atoms with Gasteiger partial charge in [0, 0.05) is 38.1 Å². The van der Waals surface area contributed by atoms with Gasteiger partial charge in [0.25, 0.3) is 11.8 Å². The van der Waals surface area contributed by atoms with Crippen molar-refractivity contribution in [3.63, 3.8) is 0 Å². The Hall–Kier alpha value is -3.23. The van der Waals surface area contributed by atoms with Gasteiger partial charge in [0.2, 0.25) is 5.82 Å². The molecule has 0 saturated carbocycles. The maximum atomic E-state index is 12.7. The molecule has 150 valence electrons. The van der Waals surface area contributed by atoms with E-state index in [-0.39, 0.29) is 23.3 Å². The lowest BCUT2D eigenvalue weighted by Crippen LogP contribution is -2.41. The number of fused-ring (bicyclic) bond motifs is 1. The lowest BCUT2D eigenvalue weighted by molar-refractivity contribution is 0.0383. The minimum absolute atomic E-state index is 0.169. The highest BCUT2D eigenvalue weighted by molar-refractivity contribution is 6.06. The van der Waals surface area contributed by atoms with Crippen LogP contribution in [0.2, 0.25) is 0 Å². The number of carbonyl (C=O) groups is 2. The van der Waals surface area contributed by atoms with E-state index in [4.69, 9.17) is 4.74 Å². The van der Waals surface area contributed by atoms with Crippen molar-refractivity contribution in [1.82, 2.24) is 19.6 Å². The number of morpholine rings is 1. The fourth-order valence-electron chi connectivity index (χ4n) is 3.31. The van der Waals surface area contributed by atoms with Crippen molar-refractivity contribution in [2.75, 3.05) is 44.7 Å². The van der Waals surface area contributed by atoms with Crippen LogP contribution in [-0.2, 0) is 4.74 Å². The molecule has 0 bridgehead atoms. The molecule has 1 fully saturated rings. The molecule has 0 aliphatic carbocycles. The third-order valence-corrected chi connectivity index (χ3v) is 4.82. The SMILES string of the molecule is O=C(NCCN1CCOCC1)c1nc(C(=O)Nc2ccccc2)n2ccccc12. The number of nitrogens with one attached hydrogen (secondary N) is 2. The fraction of sp³-hybridized carbons (Fsp3) is 0.286. The molecule has 1 aliphatic rings. The molecule has 3 heterocycles. The van der Waals surface area contributed by atoms with Crippen molar-refractivity contribution in [3.05, 3.63) is 66.2 Å². The van der Waals surface area contributed by atoms with E-state index in [0.717, 1.165) is 32.8 Å². The molecular weight excluding hydrogens is 370 g/mol. The van der Waals surface area contributed by atoms with Crippen LogP contribution in [0.25, 0.3) is 5.52 Å². The standard InChI is InChI=1S/C21H23N5O3/c27-20(22-9-11-25-12-14-29-15-13-25)18-17-8-4-5-10-26(17)19(24-18)21(28)23-16-6-2-1-3-7-16/h1-8,10H,9,11-15H2,(H,22,27)(H,23,28). The van der Waals surface area contributed by atoms with Crippen LogP contribution in [0, 0.1) is 0 Å². The lowest BCUT2D eigenvalue weighted by atomic mass is 10.3. The molecule has 0 unspecified atom stereocenters. The number of nitrogens with zero attached hydrogens (tertiary/aromatic N) is 3. The number of imidazole rings is 1. The zero-order valence-corrected chi connectivity index (χ0v) is 16.0. The van der Waals surface area contributed by atoms with Gasteiger partial charge in [0.05, 0.1) is 18.7 Å². The Kier molecular flexibility index (Phi) is 5.83. The first-order chi connectivity index (χ1) is 14.2. The fourth-order valence-corrected chi connectivity index (χ4v) is 3.31. The molecule has 1 saturated heterocycles. The van der Waals surface area contributed by atoms with Crippen molar-refractivity contribution in [3.8, 4) is 0 Å². The predicted octanol–water partition coefficient (Wildman–Crippen LogP) is 1.65. The largest absolute Gasteiger partial charge is 0.379 e. The molecular formula is C21H23N5O3. The lowest BCUT2D eigenvalue weighted by Gasteiger charge is -2.26. The molecule has 1 aliphatic heterocycles. The number of carbonyl (C=O) groups excluding carboxylic acids is 2. The number of ether oxygens (including phenoxy) is 1. The van der Waals surface area contributed by atoms with E-state index in [9.17, 15) is 9.59 Å². The zero-order valence-electron chi connectivity index (χ0n) is 16.0. The van der Waals surface area contributed by atoms with E-state index < -0.39 is 0 Å². The van der Waals surface area contributed by atoms with Gasteiger partial charge in [-0.25, -0.2) is 4.98 Å². The molecule has 29 heavy (non-hydrogen) atoms. The van der Waals surface area contributed by atoms with E-state index in [1.807, 2.05) is 24.3 Å². The first-order valence-electron chi connectivity index (χ1n) is 9.64. The number of benzene rings is 1. The van der Waals surface area contributed by atoms with Gasteiger partial charge in [-0.2, -0.15) is 0 Å². The Morgan fingerprint density at radius 1 is 1.00 bits per heavy atom. The van der Waals surface area contributed by atoms with Gasteiger partial charge in [-0.3, -0.25) is 18.9 Å². The summed E-state index contributed by atoms with van der Waals surface area (Å²) >= 11 is 0. The molecule has 4 rings (SSSR count). The zero-order chi connectivity index (χ0) is 20.1. The van der Waals surface area contributed by atoms with Gasteiger partial charge in [-0.1, -0.05) is 24.3 Å². The van der Waals surface area contributed by atoms with E-state index in [1.54, 1.807) is 34.9 Å². The molecule has 8 heteroatoms. The Labute approximate surface area is 168 Å². The predicted molar refractivity (Wildman–Crippen MR) is 109 cm³/mol. The van der Waals surface area contributed by atoms with E-state index in [1.165, 1.54) is 0 Å². The highest BCUT2D eigenvalue weighted by Crippen LogP contribution is 2.15. The summed E-state index contributed by atoms with van der Waals surface area (Å²) in [6.45, 7) is 4.44. The molecule has 3 aromatic rings. The smallest absolute Gasteiger partial charge is 0.292 e. The molecule has 8 nitrogen and oxygen atoms in total. The summed E-state index contributed by atoms with van der Waals surface area (Å²) in [7, 11) is 0. The maximum absolute atomic E-state index is 12.7.